The van der Waals surface area contributed by atoms with E-state index in [-0.39, 0.29) is 40.2 Å². The smallest absolute Gasteiger partial charge is 0.293 e. The maximum Gasteiger partial charge on any atom is 0.293 e. The maximum absolute atomic E-state index is 12.7. The van der Waals surface area contributed by atoms with Gasteiger partial charge in [0.25, 0.3) is 16.8 Å². The van der Waals surface area contributed by atoms with Gasteiger partial charge in [0.05, 0.1) is 9.83 Å². The van der Waals surface area contributed by atoms with Crippen LogP contribution in [0.4, 0.5) is 10.5 Å². The minimum Gasteiger partial charge on any atom is -0.354 e. The molecule has 4 bridgehead atoms. The van der Waals surface area contributed by atoms with Gasteiger partial charge in [0, 0.05) is 31.6 Å². The second-order valence-corrected chi connectivity index (χ2v) is 11.1. The van der Waals surface area contributed by atoms with Gasteiger partial charge in [-0.2, -0.15) is 0 Å². The van der Waals surface area contributed by atoms with E-state index in [4.69, 9.17) is 0 Å². The molecule has 6 rings (SSSR count). The van der Waals surface area contributed by atoms with Gasteiger partial charge in [-0.25, -0.2) is 0 Å². The van der Waals surface area contributed by atoms with Crippen LogP contribution in [0.3, 0.4) is 0 Å². The summed E-state index contributed by atoms with van der Waals surface area (Å²) in [5.41, 5.74) is 0.730. The summed E-state index contributed by atoms with van der Waals surface area (Å²) in [7, 11) is 0. The summed E-state index contributed by atoms with van der Waals surface area (Å²) in [6.45, 7) is 0.378. The second-order valence-electron chi connectivity index (χ2n) is 10.1. The van der Waals surface area contributed by atoms with Crippen LogP contribution in [0.2, 0.25) is 0 Å². The number of nitrogens with one attached hydrogen (secondary N) is 1. The van der Waals surface area contributed by atoms with Crippen LogP contribution in [-0.4, -0.2) is 40.0 Å². The van der Waals surface area contributed by atoms with Crippen LogP contribution in [0.15, 0.2) is 29.2 Å². The molecule has 174 valence electrons. The molecule has 1 N–H and O–H groups in total. The molecule has 4 saturated carbocycles. The van der Waals surface area contributed by atoms with E-state index in [0.29, 0.717) is 12.0 Å². The number of amides is 3. The summed E-state index contributed by atoms with van der Waals surface area (Å²) in [5, 5.41) is 13.3. The van der Waals surface area contributed by atoms with Crippen LogP contribution in [0.5, 0.6) is 0 Å². The third-order valence-corrected chi connectivity index (χ3v) is 8.54. The quantitative estimate of drug-likeness (QED) is 0.361. The van der Waals surface area contributed by atoms with Crippen LogP contribution >= 0.6 is 11.8 Å². The zero-order valence-corrected chi connectivity index (χ0v) is 19.1. The van der Waals surface area contributed by atoms with Crippen LogP contribution in [-0.2, 0) is 9.59 Å². The third-order valence-electron chi connectivity index (χ3n) is 7.63. The maximum atomic E-state index is 12.7. The van der Waals surface area contributed by atoms with E-state index >= 15 is 0 Å². The molecular weight excluding hydrogens is 442 g/mol. The Labute approximate surface area is 196 Å². The first-order valence-electron chi connectivity index (χ1n) is 11.6. The molecule has 9 heteroatoms. The molecule has 0 aromatic heterocycles. The van der Waals surface area contributed by atoms with Crippen molar-refractivity contribution in [3.05, 3.63) is 44.8 Å². The fourth-order valence-electron chi connectivity index (χ4n) is 6.75. The van der Waals surface area contributed by atoms with Crippen LogP contribution < -0.4 is 5.32 Å². The summed E-state index contributed by atoms with van der Waals surface area (Å²) in [5.74, 6) is 2.00. The zero-order valence-electron chi connectivity index (χ0n) is 18.3. The van der Waals surface area contributed by atoms with Crippen molar-refractivity contribution in [2.24, 2.45) is 23.2 Å². The van der Waals surface area contributed by atoms with Gasteiger partial charge in [0.1, 0.15) is 0 Å². The lowest BCUT2D eigenvalue weighted by Gasteiger charge is -2.56. The summed E-state index contributed by atoms with van der Waals surface area (Å²) < 4.78 is 0. The van der Waals surface area contributed by atoms with Crippen molar-refractivity contribution in [1.29, 1.82) is 0 Å². The predicted molar refractivity (Wildman–Crippen MR) is 124 cm³/mol. The Kier molecular flexibility index (Phi) is 5.76. The Morgan fingerprint density at radius 2 is 1.73 bits per heavy atom. The lowest BCUT2D eigenvalue weighted by atomic mass is 9.49. The molecule has 0 atom stereocenters. The van der Waals surface area contributed by atoms with Crippen molar-refractivity contribution >= 4 is 40.6 Å². The molecule has 1 aromatic rings. The lowest BCUT2D eigenvalue weighted by molar-refractivity contribution is -0.384. The molecule has 1 aromatic carbocycles. The average Bonchev–Trinajstić information content (AvgIpc) is 3.00. The highest BCUT2D eigenvalue weighted by molar-refractivity contribution is 8.18. The Hall–Kier alpha value is -2.68. The Morgan fingerprint density at radius 3 is 2.30 bits per heavy atom. The molecule has 4 aliphatic carbocycles. The monoisotopic (exact) mass is 469 g/mol. The lowest BCUT2D eigenvalue weighted by Crippen LogP contribution is -2.48. The molecule has 1 saturated heterocycles. The number of imide groups is 1. The molecule has 5 fully saturated rings. The molecule has 0 unspecified atom stereocenters. The summed E-state index contributed by atoms with van der Waals surface area (Å²) in [6.07, 6.45) is 9.64. The highest BCUT2D eigenvalue weighted by atomic mass is 32.2. The van der Waals surface area contributed by atoms with Gasteiger partial charge in [-0.1, -0.05) is 0 Å². The molecule has 1 aliphatic heterocycles. The molecule has 3 amide bonds. The Morgan fingerprint density at radius 1 is 1.12 bits per heavy atom. The third kappa shape index (κ3) is 4.55. The first kappa shape index (κ1) is 22.1. The van der Waals surface area contributed by atoms with Gasteiger partial charge in [-0.05, 0) is 97.2 Å². The van der Waals surface area contributed by atoms with E-state index in [1.54, 1.807) is 6.08 Å². The average molecular weight is 470 g/mol. The molecule has 8 nitrogen and oxygen atoms in total. The van der Waals surface area contributed by atoms with E-state index in [1.807, 2.05) is 0 Å². The van der Waals surface area contributed by atoms with E-state index in [2.05, 4.69) is 5.32 Å². The van der Waals surface area contributed by atoms with Gasteiger partial charge in [-0.15, -0.1) is 0 Å². The number of non-ortho nitro benzene ring substituents is 1. The van der Waals surface area contributed by atoms with Crippen LogP contribution in [0.1, 0.15) is 50.5 Å². The van der Waals surface area contributed by atoms with E-state index in [0.717, 1.165) is 34.4 Å². The number of nitro benzene ring substituents is 1. The Bertz CT molecular complexity index is 1000. The van der Waals surface area contributed by atoms with Crippen molar-refractivity contribution in [2.45, 2.75) is 44.9 Å². The Balaban J connectivity index is 1.13. The standard InChI is InChI=1S/C24H27N3O5S/c28-21(14-24-11-16-7-17(12-24)9-18(8-16)13-24)25-5-6-26-22(29)20(33-23(26)30)10-15-1-3-19(4-2-15)27(31)32/h1-4,10,16-18H,5-9,11-14H2,(H,25,28)/b20-10-. The number of hydrogen-bond acceptors (Lipinski definition) is 6. The summed E-state index contributed by atoms with van der Waals surface area (Å²) in [6, 6.07) is 5.79. The molecular formula is C24H27N3O5S. The highest BCUT2D eigenvalue weighted by Gasteiger charge is 2.51. The molecule has 0 radical (unpaired) electrons. The largest absolute Gasteiger partial charge is 0.354 e. The van der Waals surface area contributed by atoms with E-state index in [9.17, 15) is 24.5 Å². The SMILES string of the molecule is O=C(CC12CC3CC(CC(C3)C1)C2)NCCN1C(=O)S/C(=C\c2ccc([N+](=O)[O-])cc2)C1=O. The van der Waals surface area contributed by atoms with Gasteiger partial charge < -0.3 is 5.32 Å². The topological polar surface area (TPSA) is 110 Å². The van der Waals surface area contributed by atoms with Gasteiger partial charge >= 0.3 is 0 Å². The zero-order chi connectivity index (χ0) is 23.2. The number of benzene rings is 1. The fourth-order valence-corrected chi connectivity index (χ4v) is 7.62. The minimum absolute atomic E-state index is 0.0188. The number of nitro groups is 1. The van der Waals surface area contributed by atoms with Gasteiger partial charge in [-0.3, -0.25) is 29.4 Å². The summed E-state index contributed by atoms with van der Waals surface area (Å²) in [4.78, 5) is 49.4. The normalized spacial score (nSPS) is 31.5. The first-order chi connectivity index (χ1) is 15.8. The molecule has 33 heavy (non-hydrogen) atoms. The molecule has 5 aliphatic rings. The number of hydrogen-bond donors (Lipinski definition) is 1. The second kappa shape index (κ2) is 8.59. The molecule has 1 heterocycles. The number of nitrogens with zero attached hydrogens (tertiary/aromatic N) is 2. The number of carbonyl (C=O) groups is 3. The van der Waals surface area contributed by atoms with Gasteiger partial charge in [0.2, 0.25) is 5.91 Å². The van der Waals surface area contributed by atoms with Gasteiger partial charge in [0.15, 0.2) is 0 Å². The minimum atomic E-state index is -0.491. The number of thioether (sulfide) groups is 1. The summed E-state index contributed by atoms with van der Waals surface area (Å²) >= 11 is 0.842. The van der Waals surface area contributed by atoms with Crippen molar-refractivity contribution in [2.75, 3.05) is 13.1 Å². The number of rotatable bonds is 7. The first-order valence-corrected chi connectivity index (χ1v) is 12.4. The van der Waals surface area contributed by atoms with Crippen molar-refractivity contribution in [3.8, 4) is 0 Å². The van der Waals surface area contributed by atoms with Crippen LogP contribution in [0.25, 0.3) is 6.08 Å². The van der Waals surface area contributed by atoms with Crippen molar-refractivity contribution in [1.82, 2.24) is 10.2 Å². The van der Waals surface area contributed by atoms with Crippen LogP contribution in [0, 0.1) is 33.3 Å². The van der Waals surface area contributed by atoms with E-state index < -0.39 is 10.8 Å². The molecule has 0 spiro atoms. The highest BCUT2D eigenvalue weighted by Crippen LogP contribution is 2.61. The van der Waals surface area contributed by atoms with Crippen molar-refractivity contribution in [3.63, 3.8) is 0 Å². The van der Waals surface area contributed by atoms with Crippen molar-refractivity contribution < 1.29 is 19.3 Å². The number of carbonyl (C=O) groups excluding carboxylic acids is 3. The predicted octanol–water partition coefficient (Wildman–Crippen LogP) is 4.35. The fraction of sp³-hybridized carbons (Fsp3) is 0.542. The van der Waals surface area contributed by atoms with E-state index in [1.165, 1.54) is 62.8 Å².